The molecule has 1 amide bonds. The van der Waals surface area contributed by atoms with Gasteiger partial charge >= 0.3 is 5.97 Å². The molecule has 1 heterocycles. The van der Waals surface area contributed by atoms with E-state index in [2.05, 4.69) is 24.3 Å². The van der Waals surface area contributed by atoms with Crippen LogP contribution in [0.15, 0.2) is 6.07 Å². The predicted octanol–water partition coefficient (Wildman–Crippen LogP) is 3.32. The minimum absolute atomic E-state index is 0.0853. The first-order chi connectivity index (χ1) is 10.8. The third-order valence-corrected chi connectivity index (χ3v) is 4.67. The molecule has 0 spiro atoms. The monoisotopic (exact) mass is 323 g/mol. The zero-order valence-electron chi connectivity index (χ0n) is 14.8. The van der Waals surface area contributed by atoms with Gasteiger partial charge in [-0.2, -0.15) is 5.10 Å². The third kappa shape index (κ3) is 4.56. The Balaban J connectivity index is 3.01. The van der Waals surface area contributed by atoms with Gasteiger partial charge in [0.2, 0.25) is 0 Å². The summed E-state index contributed by atoms with van der Waals surface area (Å²) in [4.78, 5) is 23.6. The van der Waals surface area contributed by atoms with Gasteiger partial charge in [0.15, 0.2) is 0 Å². The Morgan fingerprint density at radius 1 is 1.26 bits per heavy atom. The van der Waals surface area contributed by atoms with Gasteiger partial charge in [-0.05, 0) is 38.7 Å². The summed E-state index contributed by atoms with van der Waals surface area (Å²) in [6, 6.07) is 2.04. The highest BCUT2D eigenvalue weighted by Gasteiger charge is 2.32. The summed E-state index contributed by atoms with van der Waals surface area (Å²) in [5, 5.41) is 16.4. The van der Waals surface area contributed by atoms with E-state index in [9.17, 15) is 9.59 Å². The maximum atomic E-state index is 12.5. The SMILES string of the molecule is CCC(CC)n1nc(C(=O)NC(CC)(CC)CC(=O)O)cc1C. The first-order valence-corrected chi connectivity index (χ1v) is 8.42. The molecule has 2 N–H and O–H groups in total. The van der Waals surface area contributed by atoms with Crippen molar-refractivity contribution in [1.29, 1.82) is 0 Å². The molecule has 0 atom stereocenters. The van der Waals surface area contributed by atoms with E-state index < -0.39 is 11.5 Å². The average molecular weight is 323 g/mol. The summed E-state index contributed by atoms with van der Waals surface area (Å²) in [5.41, 5.74) is 0.571. The van der Waals surface area contributed by atoms with Crippen LogP contribution >= 0.6 is 0 Å². The molecule has 0 aromatic carbocycles. The summed E-state index contributed by atoms with van der Waals surface area (Å²) in [7, 11) is 0. The van der Waals surface area contributed by atoms with Crippen LogP contribution in [0.2, 0.25) is 0 Å². The van der Waals surface area contributed by atoms with Crippen molar-refractivity contribution in [2.24, 2.45) is 0 Å². The number of amides is 1. The molecule has 130 valence electrons. The zero-order valence-corrected chi connectivity index (χ0v) is 14.8. The van der Waals surface area contributed by atoms with Crippen LogP contribution in [0.3, 0.4) is 0 Å². The van der Waals surface area contributed by atoms with E-state index in [0.717, 1.165) is 18.5 Å². The molecule has 0 bridgehead atoms. The smallest absolute Gasteiger partial charge is 0.305 e. The van der Waals surface area contributed by atoms with E-state index in [1.807, 2.05) is 25.5 Å². The summed E-state index contributed by atoms with van der Waals surface area (Å²) in [6.45, 7) is 9.91. The topological polar surface area (TPSA) is 84.2 Å². The fourth-order valence-electron chi connectivity index (χ4n) is 2.92. The van der Waals surface area contributed by atoms with Gasteiger partial charge in [-0.25, -0.2) is 0 Å². The number of aromatic nitrogens is 2. The van der Waals surface area contributed by atoms with Gasteiger partial charge < -0.3 is 10.4 Å². The molecule has 6 nitrogen and oxygen atoms in total. The third-order valence-electron chi connectivity index (χ3n) is 4.67. The molecule has 0 fully saturated rings. The number of aryl methyl sites for hydroxylation is 1. The number of hydrogen-bond acceptors (Lipinski definition) is 3. The van der Waals surface area contributed by atoms with Crippen molar-refractivity contribution in [2.45, 2.75) is 78.3 Å². The molecule has 1 aromatic rings. The Hall–Kier alpha value is -1.85. The Kier molecular flexibility index (Phi) is 6.79. The standard InChI is InChI=1S/C17H29N3O3/c1-6-13(7-2)20-12(5)10-14(19-20)16(23)18-17(8-3,9-4)11-15(21)22/h10,13H,6-9,11H2,1-5H3,(H,18,23)(H,21,22). The van der Waals surface area contributed by atoms with Crippen LogP contribution in [0.1, 0.15) is 82.0 Å². The van der Waals surface area contributed by atoms with Crippen LogP contribution in [0.4, 0.5) is 0 Å². The first kappa shape index (κ1) is 19.2. The summed E-state index contributed by atoms with van der Waals surface area (Å²) in [5.74, 6) is -1.21. The van der Waals surface area contributed by atoms with Crippen molar-refractivity contribution < 1.29 is 14.7 Å². The molecule has 0 aliphatic heterocycles. The molecule has 1 rings (SSSR count). The lowest BCUT2D eigenvalue weighted by molar-refractivity contribution is -0.138. The highest BCUT2D eigenvalue weighted by Crippen LogP contribution is 2.22. The molecule has 1 aromatic heterocycles. The van der Waals surface area contributed by atoms with Gasteiger partial charge in [0.1, 0.15) is 5.69 Å². The number of carbonyl (C=O) groups is 2. The number of aliphatic carboxylic acids is 1. The second-order valence-electron chi connectivity index (χ2n) is 6.10. The number of rotatable bonds is 9. The molecule has 0 radical (unpaired) electrons. The van der Waals surface area contributed by atoms with Gasteiger partial charge in [0, 0.05) is 5.69 Å². The lowest BCUT2D eigenvalue weighted by atomic mass is 9.89. The first-order valence-electron chi connectivity index (χ1n) is 8.42. The van der Waals surface area contributed by atoms with Crippen LogP contribution in [0.25, 0.3) is 0 Å². The van der Waals surface area contributed by atoms with E-state index in [-0.39, 0.29) is 18.4 Å². The molecule has 0 aliphatic rings. The van der Waals surface area contributed by atoms with E-state index in [1.54, 1.807) is 6.07 Å². The van der Waals surface area contributed by atoms with Crippen LogP contribution in [0.5, 0.6) is 0 Å². The average Bonchev–Trinajstić information content (AvgIpc) is 2.89. The van der Waals surface area contributed by atoms with Gasteiger partial charge in [-0.1, -0.05) is 27.7 Å². The van der Waals surface area contributed by atoms with Crippen LogP contribution in [-0.2, 0) is 4.79 Å². The van der Waals surface area contributed by atoms with Crippen LogP contribution in [0, 0.1) is 6.92 Å². The lowest BCUT2D eigenvalue weighted by Gasteiger charge is -2.31. The molecule has 0 unspecified atom stereocenters. The quantitative estimate of drug-likeness (QED) is 0.730. The molecule has 0 saturated heterocycles. The van der Waals surface area contributed by atoms with E-state index in [0.29, 0.717) is 18.5 Å². The fourth-order valence-corrected chi connectivity index (χ4v) is 2.92. The number of hydrogen-bond donors (Lipinski definition) is 2. The molecular weight excluding hydrogens is 294 g/mol. The van der Waals surface area contributed by atoms with Crippen LogP contribution in [-0.4, -0.2) is 32.3 Å². The molecular formula is C17H29N3O3. The second-order valence-corrected chi connectivity index (χ2v) is 6.10. The molecule has 0 saturated carbocycles. The normalized spacial score (nSPS) is 11.7. The fraction of sp³-hybridized carbons (Fsp3) is 0.706. The van der Waals surface area contributed by atoms with Crippen LogP contribution < -0.4 is 5.32 Å². The summed E-state index contributed by atoms with van der Waals surface area (Å²) >= 11 is 0. The Morgan fingerprint density at radius 3 is 2.26 bits per heavy atom. The van der Waals surface area contributed by atoms with Crippen molar-refractivity contribution in [3.8, 4) is 0 Å². The van der Waals surface area contributed by atoms with Crippen molar-refractivity contribution >= 4 is 11.9 Å². The van der Waals surface area contributed by atoms with Gasteiger partial charge in [0.25, 0.3) is 5.91 Å². The number of carboxylic acids is 1. The Morgan fingerprint density at radius 2 is 1.83 bits per heavy atom. The second kappa shape index (κ2) is 8.13. The number of carboxylic acid groups (broad SMARTS) is 1. The minimum Gasteiger partial charge on any atom is -0.481 e. The maximum Gasteiger partial charge on any atom is 0.305 e. The van der Waals surface area contributed by atoms with Gasteiger partial charge in [-0.3, -0.25) is 14.3 Å². The van der Waals surface area contributed by atoms with Crippen molar-refractivity contribution in [3.05, 3.63) is 17.5 Å². The number of carbonyl (C=O) groups excluding carboxylic acids is 1. The minimum atomic E-state index is -0.910. The highest BCUT2D eigenvalue weighted by molar-refractivity contribution is 5.93. The van der Waals surface area contributed by atoms with Crippen molar-refractivity contribution in [2.75, 3.05) is 0 Å². The lowest BCUT2D eigenvalue weighted by Crippen LogP contribution is -2.49. The number of nitrogens with one attached hydrogen (secondary N) is 1. The van der Waals surface area contributed by atoms with E-state index in [1.165, 1.54) is 0 Å². The summed E-state index contributed by atoms with van der Waals surface area (Å²) < 4.78 is 1.89. The zero-order chi connectivity index (χ0) is 17.6. The Bertz CT molecular complexity index is 543. The molecule has 0 aliphatic carbocycles. The van der Waals surface area contributed by atoms with Crippen molar-refractivity contribution in [3.63, 3.8) is 0 Å². The van der Waals surface area contributed by atoms with Gasteiger partial charge in [0.05, 0.1) is 18.0 Å². The van der Waals surface area contributed by atoms with E-state index in [4.69, 9.17) is 5.11 Å². The largest absolute Gasteiger partial charge is 0.481 e. The van der Waals surface area contributed by atoms with Crippen molar-refractivity contribution in [1.82, 2.24) is 15.1 Å². The molecule has 6 heteroatoms. The molecule has 23 heavy (non-hydrogen) atoms. The highest BCUT2D eigenvalue weighted by atomic mass is 16.4. The summed E-state index contributed by atoms with van der Waals surface area (Å²) in [6.07, 6.45) is 2.94. The van der Waals surface area contributed by atoms with E-state index >= 15 is 0 Å². The number of nitrogens with zero attached hydrogens (tertiary/aromatic N) is 2. The Labute approximate surface area is 138 Å². The predicted molar refractivity (Wildman–Crippen MR) is 89.6 cm³/mol. The maximum absolute atomic E-state index is 12.5. The van der Waals surface area contributed by atoms with Gasteiger partial charge in [-0.15, -0.1) is 0 Å².